The lowest BCUT2D eigenvalue weighted by Crippen LogP contribution is -2.39. The lowest BCUT2D eigenvalue weighted by molar-refractivity contribution is 0.0714. The highest BCUT2D eigenvalue weighted by Gasteiger charge is 2.16. The largest absolute Gasteiger partial charge is 0.399 e. The van der Waals surface area contributed by atoms with Crippen LogP contribution >= 0.6 is 0 Å². The quantitative estimate of drug-likeness (QED) is 0.754. The molecule has 1 saturated heterocycles. The second-order valence-electron chi connectivity index (χ2n) is 4.59. The van der Waals surface area contributed by atoms with Crippen LogP contribution in [0.2, 0.25) is 0 Å². The SMILES string of the molecule is Nc1ccc(CCN2CCCC(O)C2)cc1. The Morgan fingerprint density at radius 3 is 2.75 bits per heavy atom. The zero-order chi connectivity index (χ0) is 11.4. The molecule has 3 N–H and O–H groups in total. The van der Waals surface area contributed by atoms with E-state index in [1.165, 1.54) is 5.56 Å². The monoisotopic (exact) mass is 220 g/mol. The van der Waals surface area contributed by atoms with E-state index in [1.54, 1.807) is 0 Å². The van der Waals surface area contributed by atoms with Gasteiger partial charge < -0.3 is 15.7 Å². The van der Waals surface area contributed by atoms with Gasteiger partial charge in [-0.3, -0.25) is 0 Å². The molecule has 1 unspecified atom stereocenters. The predicted molar refractivity (Wildman–Crippen MR) is 66.2 cm³/mol. The van der Waals surface area contributed by atoms with Gasteiger partial charge in [-0.2, -0.15) is 0 Å². The van der Waals surface area contributed by atoms with Crippen molar-refractivity contribution in [2.45, 2.75) is 25.4 Å². The van der Waals surface area contributed by atoms with E-state index in [2.05, 4.69) is 17.0 Å². The minimum absolute atomic E-state index is 0.125. The van der Waals surface area contributed by atoms with Crippen molar-refractivity contribution in [2.24, 2.45) is 0 Å². The number of anilines is 1. The minimum Gasteiger partial charge on any atom is -0.399 e. The highest BCUT2D eigenvalue weighted by Crippen LogP contribution is 2.11. The van der Waals surface area contributed by atoms with Gasteiger partial charge in [-0.05, 0) is 43.5 Å². The molecule has 0 radical (unpaired) electrons. The zero-order valence-corrected chi connectivity index (χ0v) is 9.60. The molecule has 0 aliphatic carbocycles. The number of likely N-dealkylation sites (tertiary alicyclic amines) is 1. The Morgan fingerprint density at radius 1 is 1.31 bits per heavy atom. The Balaban J connectivity index is 1.80. The Bertz CT molecular complexity index is 323. The fourth-order valence-corrected chi connectivity index (χ4v) is 2.21. The maximum atomic E-state index is 9.55. The molecule has 3 nitrogen and oxygen atoms in total. The third-order valence-electron chi connectivity index (χ3n) is 3.18. The normalized spacial score (nSPS) is 22.2. The number of β-amino-alcohol motifs (C(OH)–C–C–N with tert-alkyl or cyclic N) is 1. The molecule has 1 atom stereocenters. The van der Waals surface area contributed by atoms with Gasteiger partial charge in [0.1, 0.15) is 0 Å². The van der Waals surface area contributed by atoms with E-state index in [4.69, 9.17) is 5.73 Å². The third kappa shape index (κ3) is 3.22. The molecular weight excluding hydrogens is 200 g/mol. The second kappa shape index (κ2) is 5.32. The van der Waals surface area contributed by atoms with Gasteiger partial charge in [0.25, 0.3) is 0 Å². The first-order valence-electron chi connectivity index (χ1n) is 5.99. The van der Waals surface area contributed by atoms with Crippen LogP contribution in [-0.4, -0.2) is 35.7 Å². The van der Waals surface area contributed by atoms with Gasteiger partial charge >= 0.3 is 0 Å². The summed E-state index contributed by atoms with van der Waals surface area (Å²) in [7, 11) is 0. The van der Waals surface area contributed by atoms with Crippen LogP contribution in [0.3, 0.4) is 0 Å². The molecule has 1 aromatic rings. The van der Waals surface area contributed by atoms with Crippen molar-refractivity contribution < 1.29 is 5.11 Å². The fourth-order valence-electron chi connectivity index (χ4n) is 2.21. The Morgan fingerprint density at radius 2 is 2.06 bits per heavy atom. The predicted octanol–water partition coefficient (Wildman–Crippen LogP) is 1.27. The zero-order valence-electron chi connectivity index (χ0n) is 9.60. The number of aliphatic hydroxyl groups excluding tert-OH is 1. The first kappa shape index (κ1) is 11.4. The molecule has 1 aliphatic heterocycles. The Kier molecular flexibility index (Phi) is 3.80. The summed E-state index contributed by atoms with van der Waals surface area (Å²) in [5.74, 6) is 0. The van der Waals surface area contributed by atoms with Crippen molar-refractivity contribution in [3.63, 3.8) is 0 Å². The minimum atomic E-state index is -0.125. The van der Waals surface area contributed by atoms with Gasteiger partial charge in [-0.25, -0.2) is 0 Å². The maximum Gasteiger partial charge on any atom is 0.0667 e. The molecule has 88 valence electrons. The smallest absolute Gasteiger partial charge is 0.0667 e. The topological polar surface area (TPSA) is 49.5 Å². The van der Waals surface area contributed by atoms with Crippen LogP contribution in [-0.2, 0) is 6.42 Å². The summed E-state index contributed by atoms with van der Waals surface area (Å²) in [5, 5.41) is 9.55. The number of rotatable bonds is 3. The molecule has 0 saturated carbocycles. The van der Waals surface area contributed by atoms with Crippen molar-refractivity contribution in [1.82, 2.24) is 4.90 Å². The molecule has 0 spiro atoms. The number of hydrogen-bond donors (Lipinski definition) is 2. The lowest BCUT2D eigenvalue weighted by atomic mass is 10.1. The molecule has 1 aromatic carbocycles. The number of piperidine rings is 1. The summed E-state index contributed by atoms with van der Waals surface area (Å²) in [6.07, 6.45) is 2.98. The molecule has 0 aromatic heterocycles. The van der Waals surface area contributed by atoms with Gasteiger partial charge in [0.05, 0.1) is 6.10 Å². The van der Waals surface area contributed by atoms with Crippen LogP contribution in [0.25, 0.3) is 0 Å². The number of hydrogen-bond acceptors (Lipinski definition) is 3. The van der Waals surface area contributed by atoms with Gasteiger partial charge in [0.15, 0.2) is 0 Å². The van der Waals surface area contributed by atoms with Crippen LogP contribution in [0.5, 0.6) is 0 Å². The molecule has 0 bridgehead atoms. The van der Waals surface area contributed by atoms with E-state index in [0.29, 0.717) is 0 Å². The van der Waals surface area contributed by atoms with Gasteiger partial charge in [0, 0.05) is 18.8 Å². The average molecular weight is 220 g/mol. The fraction of sp³-hybridized carbons (Fsp3) is 0.538. The van der Waals surface area contributed by atoms with E-state index in [1.807, 2.05) is 12.1 Å². The van der Waals surface area contributed by atoms with Crippen LogP contribution in [0, 0.1) is 0 Å². The summed E-state index contributed by atoms with van der Waals surface area (Å²) in [5.41, 5.74) is 7.77. The summed E-state index contributed by atoms with van der Waals surface area (Å²) in [4.78, 5) is 2.34. The molecular formula is C13H20N2O. The van der Waals surface area contributed by atoms with Crippen LogP contribution in [0.1, 0.15) is 18.4 Å². The summed E-state index contributed by atoms with van der Waals surface area (Å²) in [6, 6.07) is 8.05. The Labute approximate surface area is 96.9 Å². The van der Waals surface area contributed by atoms with Crippen molar-refractivity contribution >= 4 is 5.69 Å². The van der Waals surface area contributed by atoms with E-state index >= 15 is 0 Å². The number of nitrogens with two attached hydrogens (primary N) is 1. The van der Waals surface area contributed by atoms with E-state index in [-0.39, 0.29) is 6.10 Å². The summed E-state index contributed by atoms with van der Waals surface area (Å²) in [6.45, 7) is 2.97. The second-order valence-corrected chi connectivity index (χ2v) is 4.59. The van der Waals surface area contributed by atoms with Crippen LogP contribution < -0.4 is 5.73 Å². The number of benzene rings is 1. The van der Waals surface area contributed by atoms with Crippen LogP contribution in [0.4, 0.5) is 5.69 Å². The standard InChI is InChI=1S/C13H20N2O/c14-12-5-3-11(4-6-12)7-9-15-8-1-2-13(16)10-15/h3-6,13,16H,1-2,7-10,14H2. The first-order valence-corrected chi connectivity index (χ1v) is 5.99. The highest BCUT2D eigenvalue weighted by molar-refractivity contribution is 5.39. The van der Waals surface area contributed by atoms with E-state index in [9.17, 15) is 5.11 Å². The van der Waals surface area contributed by atoms with Crippen molar-refractivity contribution in [1.29, 1.82) is 0 Å². The number of nitrogen functional groups attached to an aromatic ring is 1. The molecule has 1 heterocycles. The highest BCUT2D eigenvalue weighted by atomic mass is 16.3. The van der Waals surface area contributed by atoms with E-state index < -0.39 is 0 Å². The molecule has 1 aliphatic rings. The summed E-state index contributed by atoms with van der Waals surface area (Å²) < 4.78 is 0. The van der Waals surface area contributed by atoms with Gasteiger partial charge in [-0.15, -0.1) is 0 Å². The van der Waals surface area contributed by atoms with Crippen molar-refractivity contribution in [2.75, 3.05) is 25.4 Å². The van der Waals surface area contributed by atoms with Crippen LogP contribution in [0.15, 0.2) is 24.3 Å². The number of aliphatic hydroxyl groups is 1. The van der Waals surface area contributed by atoms with E-state index in [0.717, 1.165) is 44.6 Å². The first-order chi connectivity index (χ1) is 7.74. The molecule has 16 heavy (non-hydrogen) atoms. The number of nitrogens with zero attached hydrogens (tertiary/aromatic N) is 1. The third-order valence-corrected chi connectivity index (χ3v) is 3.18. The summed E-state index contributed by atoms with van der Waals surface area (Å²) >= 11 is 0. The van der Waals surface area contributed by atoms with Crippen molar-refractivity contribution in [3.8, 4) is 0 Å². The molecule has 2 rings (SSSR count). The molecule has 3 heteroatoms. The molecule has 1 fully saturated rings. The Hall–Kier alpha value is -1.06. The van der Waals surface area contributed by atoms with Crippen molar-refractivity contribution in [3.05, 3.63) is 29.8 Å². The van der Waals surface area contributed by atoms with Gasteiger partial charge in [0.2, 0.25) is 0 Å². The maximum absolute atomic E-state index is 9.55. The average Bonchev–Trinajstić information content (AvgIpc) is 2.28. The molecule has 0 amide bonds. The van der Waals surface area contributed by atoms with Gasteiger partial charge in [-0.1, -0.05) is 12.1 Å². The lowest BCUT2D eigenvalue weighted by Gasteiger charge is -2.29.